The van der Waals surface area contributed by atoms with E-state index in [1.165, 1.54) is 0 Å². The maximum absolute atomic E-state index is 12.3. The number of hydrogen-bond donors (Lipinski definition) is 1. The molecule has 1 saturated carbocycles. The minimum absolute atomic E-state index is 0.00290. The molecule has 200 valence electrons. The number of pyridine rings is 1. The van der Waals surface area contributed by atoms with E-state index < -0.39 is 23.4 Å². The summed E-state index contributed by atoms with van der Waals surface area (Å²) in [7, 11) is 0. The number of carbonyl (C=O) groups excluding carboxylic acids is 2. The number of anilines is 1. The molecule has 1 aliphatic heterocycles. The molecule has 10 nitrogen and oxygen atoms in total. The van der Waals surface area contributed by atoms with Crippen molar-refractivity contribution < 1.29 is 33.3 Å². The lowest BCUT2D eigenvalue weighted by Crippen LogP contribution is -2.35. The van der Waals surface area contributed by atoms with Crippen molar-refractivity contribution in [2.45, 2.75) is 97.2 Å². The molecule has 1 aromatic heterocycles. The highest BCUT2D eigenvalue weighted by Gasteiger charge is 2.31. The predicted octanol–water partition coefficient (Wildman–Crippen LogP) is 5.29. The first-order valence-corrected chi connectivity index (χ1v) is 12.5. The van der Waals surface area contributed by atoms with Gasteiger partial charge in [-0.3, -0.25) is 5.32 Å². The molecule has 2 atom stereocenters. The third kappa shape index (κ3) is 9.73. The molecule has 36 heavy (non-hydrogen) atoms. The Labute approximate surface area is 213 Å². The molecule has 0 spiro atoms. The minimum atomic E-state index is -0.620. The van der Waals surface area contributed by atoms with Gasteiger partial charge >= 0.3 is 12.2 Å². The fraction of sp³-hybridized carbons (Fsp3) is 0.692. The molecule has 1 saturated heterocycles. The molecule has 0 bridgehead atoms. The SMILES string of the molecule is CC(C)(C)OC(=O)/N=C\C1CC[C@H]1OCc1cc(NC(=O)OC(C)(C)C)cc(OC2CCOCC2)n1. The molecule has 1 N–H and O–H groups in total. The van der Waals surface area contributed by atoms with Crippen LogP contribution in [0.4, 0.5) is 15.3 Å². The van der Waals surface area contributed by atoms with Gasteiger partial charge in [0.1, 0.15) is 17.3 Å². The maximum atomic E-state index is 12.3. The van der Waals surface area contributed by atoms with E-state index in [0.29, 0.717) is 30.5 Å². The third-order valence-corrected chi connectivity index (χ3v) is 5.43. The van der Waals surface area contributed by atoms with E-state index >= 15 is 0 Å². The van der Waals surface area contributed by atoms with E-state index in [-0.39, 0.29) is 24.7 Å². The molecular weight excluding hydrogens is 466 g/mol. The quantitative estimate of drug-likeness (QED) is 0.497. The van der Waals surface area contributed by atoms with Crippen LogP contribution in [0.3, 0.4) is 0 Å². The van der Waals surface area contributed by atoms with Gasteiger partial charge in [-0.2, -0.15) is 4.99 Å². The third-order valence-electron chi connectivity index (χ3n) is 5.43. The van der Waals surface area contributed by atoms with Crippen LogP contribution in [0.5, 0.6) is 5.88 Å². The van der Waals surface area contributed by atoms with Crippen LogP contribution in [-0.2, 0) is 25.6 Å². The summed E-state index contributed by atoms with van der Waals surface area (Å²) in [5, 5.41) is 2.76. The lowest BCUT2D eigenvalue weighted by Gasteiger charge is -2.33. The van der Waals surface area contributed by atoms with Gasteiger partial charge in [0, 0.05) is 31.0 Å². The van der Waals surface area contributed by atoms with Crippen molar-refractivity contribution >= 4 is 24.1 Å². The second kappa shape index (κ2) is 12.0. The van der Waals surface area contributed by atoms with Crippen molar-refractivity contribution in [1.82, 2.24) is 4.98 Å². The molecule has 0 aromatic carbocycles. The Bertz CT molecular complexity index is 930. The molecule has 1 aromatic rings. The van der Waals surface area contributed by atoms with Gasteiger partial charge < -0.3 is 23.7 Å². The van der Waals surface area contributed by atoms with E-state index in [1.807, 2.05) is 0 Å². The van der Waals surface area contributed by atoms with E-state index in [4.69, 9.17) is 23.7 Å². The average molecular weight is 506 g/mol. The molecular formula is C26H39N3O7. The summed E-state index contributed by atoms with van der Waals surface area (Å²) in [6.45, 7) is 12.3. The molecule has 2 amide bonds. The normalized spacial score (nSPS) is 21.1. The van der Waals surface area contributed by atoms with Crippen LogP contribution >= 0.6 is 0 Å². The fourth-order valence-corrected chi connectivity index (χ4v) is 3.66. The molecule has 3 rings (SSSR count). The summed E-state index contributed by atoms with van der Waals surface area (Å²) in [5.74, 6) is 0.434. The summed E-state index contributed by atoms with van der Waals surface area (Å²) in [5.41, 5.74) is -0.0833. The number of aliphatic imine (C=N–C) groups is 1. The number of nitrogens with zero attached hydrogens (tertiary/aromatic N) is 2. The smallest absolute Gasteiger partial charge is 0.433 e. The Kier molecular flexibility index (Phi) is 9.30. The Morgan fingerprint density at radius 1 is 1.06 bits per heavy atom. The fourth-order valence-electron chi connectivity index (χ4n) is 3.66. The molecule has 1 unspecified atom stereocenters. The minimum Gasteiger partial charge on any atom is -0.474 e. The highest BCUT2D eigenvalue weighted by atomic mass is 16.6. The first-order chi connectivity index (χ1) is 16.9. The predicted molar refractivity (Wildman–Crippen MR) is 135 cm³/mol. The van der Waals surface area contributed by atoms with Gasteiger partial charge in [0.25, 0.3) is 0 Å². The Morgan fingerprint density at radius 3 is 2.36 bits per heavy atom. The Balaban J connectivity index is 1.63. The molecule has 1 aliphatic carbocycles. The first kappa shape index (κ1) is 27.9. The molecule has 10 heteroatoms. The standard InChI is InChI=1S/C26H39N3O7/c1-25(2,3)35-23(30)27-15-17-7-8-21(17)33-16-19-13-18(29-24(31)36-26(4,5)6)14-22(28-19)34-20-9-11-32-12-10-20/h13-15,17,20-21H,7-12,16H2,1-6H3,(H,28,29,31)/b27-15-/t17?,21-/m1/s1. The lowest BCUT2D eigenvalue weighted by molar-refractivity contribution is -0.0322. The van der Waals surface area contributed by atoms with Crippen LogP contribution < -0.4 is 10.1 Å². The number of rotatable bonds is 7. The van der Waals surface area contributed by atoms with Crippen LogP contribution in [0, 0.1) is 5.92 Å². The number of hydrogen-bond acceptors (Lipinski definition) is 8. The zero-order valence-electron chi connectivity index (χ0n) is 22.2. The summed E-state index contributed by atoms with van der Waals surface area (Å²) in [4.78, 5) is 32.7. The van der Waals surface area contributed by atoms with E-state index in [1.54, 1.807) is 59.9 Å². The van der Waals surface area contributed by atoms with Gasteiger partial charge in [-0.05, 0) is 60.5 Å². The summed E-state index contributed by atoms with van der Waals surface area (Å²) < 4.78 is 28.1. The van der Waals surface area contributed by atoms with Crippen molar-refractivity contribution in [3.05, 3.63) is 17.8 Å². The van der Waals surface area contributed by atoms with Crippen molar-refractivity contribution in [2.24, 2.45) is 10.9 Å². The Morgan fingerprint density at radius 2 is 1.75 bits per heavy atom. The van der Waals surface area contributed by atoms with Crippen LogP contribution in [0.25, 0.3) is 0 Å². The van der Waals surface area contributed by atoms with Crippen LogP contribution in [0.1, 0.15) is 72.9 Å². The number of aromatic nitrogens is 1. The van der Waals surface area contributed by atoms with Crippen LogP contribution in [0.15, 0.2) is 17.1 Å². The maximum Gasteiger partial charge on any atom is 0.433 e. The van der Waals surface area contributed by atoms with Crippen molar-refractivity contribution in [3.8, 4) is 5.88 Å². The van der Waals surface area contributed by atoms with E-state index in [2.05, 4.69) is 15.3 Å². The molecule has 2 heterocycles. The van der Waals surface area contributed by atoms with Gasteiger partial charge in [-0.15, -0.1) is 0 Å². The van der Waals surface area contributed by atoms with Gasteiger partial charge in [-0.25, -0.2) is 14.6 Å². The highest BCUT2D eigenvalue weighted by molar-refractivity contribution is 5.85. The number of amides is 2. The Hall–Kier alpha value is -2.72. The van der Waals surface area contributed by atoms with Gasteiger partial charge in [0.05, 0.1) is 37.3 Å². The average Bonchev–Trinajstić information content (AvgIpc) is 2.71. The second-order valence-corrected chi connectivity index (χ2v) is 11.1. The number of nitrogens with one attached hydrogen (secondary N) is 1. The largest absolute Gasteiger partial charge is 0.474 e. The van der Waals surface area contributed by atoms with E-state index in [9.17, 15) is 9.59 Å². The summed E-state index contributed by atoms with van der Waals surface area (Å²) in [6.07, 6.45) is 3.64. The lowest BCUT2D eigenvalue weighted by atomic mass is 9.83. The highest BCUT2D eigenvalue weighted by Crippen LogP contribution is 2.30. The van der Waals surface area contributed by atoms with Gasteiger partial charge in [0.15, 0.2) is 0 Å². The van der Waals surface area contributed by atoms with Crippen LogP contribution in [0.2, 0.25) is 0 Å². The zero-order valence-corrected chi connectivity index (χ0v) is 22.2. The molecule has 0 radical (unpaired) electrons. The summed E-state index contributed by atoms with van der Waals surface area (Å²) in [6, 6.07) is 3.42. The van der Waals surface area contributed by atoms with Crippen LogP contribution in [-0.4, -0.2) is 60.0 Å². The molecule has 2 aliphatic rings. The number of carbonyl (C=O) groups is 2. The van der Waals surface area contributed by atoms with Gasteiger partial charge in [-0.1, -0.05) is 0 Å². The molecule has 2 fully saturated rings. The first-order valence-electron chi connectivity index (χ1n) is 12.5. The number of ether oxygens (including phenoxy) is 5. The van der Waals surface area contributed by atoms with Crippen molar-refractivity contribution in [3.63, 3.8) is 0 Å². The second-order valence-electron chi connectivity index (χ2n) is 11.1. The monoisotopic (exact) mass is 505 g/mol. The van der Waals surface area contributed by atoms with Crippen molar-refractivity contribution in [1.29, 1.82) is 0 Å². The van der Waals surface area contributed by atoms with Gasteiger partial charge in [0.2, 0.25) is 5.88 Å². The topological polar surface area (TPSA) is 118 Å². The zero-order chi connectivity index (χ0) is 26.3. The summed E-state index contributed by atoms with van der Waals surface area (Å²) >= 11 is 0. The van der Waals surface area contributed by atoms with Crippen molar-refractivity contribution in [2.75, 3.05) is 18.5 Å². The van der Waals surface area contributed by atoms with E-state index in [0.717, 1.165) is 25.7 Å².